The summed E-state index contributed by atoms with van der Waals surface area (Å²) in [6.45, 7) is -7.01. The molecule has 0 bridgehead atoms. The minimum absolute atomic E-state index is 0.192. The van der Waals surface area contributed by atoms with Crippen molar-refractivity contribution in [3.05, 3.63) is 0 Å². The number of halogens is 9. The average molecular weight is 516 g/mol. The maximum Gasteiger partial charge on any atom is 0.422 e. The van der Waals surface area contributed by atoms with E-state index in [0.29, 0.717) is 0 Å². The molecule has 9 nitrogen and oxygen atoms in total. The second kappa shape index (κ2) is 11.0. The molecule has 0 aliphatic carbocycles. The maximum atomic E-state index is 12.2. The normalized spacial score (nSPS) is 14.9. The lowest BCUT2D eigenvalue weighted by molar-refractivity contribution is -0.201. The Morgan fingerprint density at radius 3 is 1.47 bits per heavy atom. The molecule has 0 rings (SSSR count). The third-order valence-corrected chi connectivity index (χ3v) is 3.28. The van der Waals surface area contributed by atoms with Gasteiger partial charge in [0.25, 0.3) is 10.1 Å². The molecule has 0 aliphatic heterocycles. The minimum atomic E-state index is -5.19. The second-order valence-corrected chi connectivity index (χ2v) is 7.35. The van der Waals surface area contributed by atoms with Crippen LogP contribution < -0.4 is 0 Å². The summed E-state index contributed by atoms with van der Waals surface area (Å²) in [6.07, 6.45) is -20.1. The van der Waals surface area contributed by atoms with Gasteiger partial charge in [-0.05, 0) is 0 Å². The van der Waals surface area contributed by atoms with Crippen molar-refractivity contribution in [3.63, 3.8) is 0 Å². The van der Waals surface area contributed by atoms with Gasteiger partial charge in [-0.2, -0.15) is 47.9 Å². The Kier molecular flexibility index (Phi) is 10.2. The number of hydrogen-bond donors (Lipinski definition) is 0. The molecule has 0 radical (unpaired) electrons. The maximum absolute atomic E-state index is 12.2. The Morgan fingerprint density at radius 1 is 0.719 bits per heavy atom. The number of esters is 3. The molecule has 0 aromatic rings. The van der Waals surface area contributed by atoms with E-state index in [0.717, 1.165) is 0 Å². The predicted octanol–water partition coefficient (Wildman–Crippen LogP) is 1.65. The fourth-order valence-corrected chi connectivity index (χ4v) is 2.26. The first kappa shape index (κ1) is 29.7. The zero-order valence-corrected chi connectivity index (χ0v) is 16.3. The van der Waals surface area contributed by atoms with Crippen LogP contribution in [0.2, 0.25) is 0 Å². The third kappa shape index (κ3) is 14.7. The van der Waals surface area contributed by atoms with Crippen molar-refractivity contribution >= 4 is 28.0 Å². The van der Waals surface area contributed by atoms with Crippen LogP contribution in [0.5, 0.6) is 0 Å². The molecule has 0 N–H and O–H groups in total. The third-order valence-electron chi connectivity index (χ3n) is 2.72. The van der Waals surface area contributed by atoms with Crippen LogP contribution >= 0.6 is 0 Å². The Labute approximate surface area is 172 Å². The molecule has 0 heterocycles. The first-order valence-corrected chi connectivity index (χ1v) is 9.49. The fraction of sp³-hybridized carbons (Fsp3) is 0.769. The zero-order valence-electron chi connectivity index (χ0n) is 15.5. The van der Waals surface area contributed by atoms with Crippen LogP contribution in [0.25, 0.3) is 0 Å². The van der Waals surface area contributed by atoms with Gasteiger partial charge in [-0.25, -0.2) is 4.79 Å². The second-order valence-electron chi connectivity index (χ2n) is 5.75. The van der Waals surface area contributed by atoms with Gasteiger partial charge in [-0.15, -0.1) is 0 Å². The lowest BCUT2D eigenvalue weighted by atomic mass is 9.98. The number of carbonyl (C=O) groups excluding carboxylic acids is 3. The minimum Gasteiger partial charge on any atom is -0.456 e. The van der Waals surface area contributed by atoms with Crippen molar-refractivity contribution in [3.8, 4) is 0 Å². The lowest BCUT2D eigenvalue weighted by Gasteiger charge is -2.23. The Balaban J connectivity index is 5.88. The number of ether oxygens (including phenoxy) is 3. The number of hydrogen-bond acceptors (Lipinski definition) is 9. The monoisotopic (exact) mass is 516 g/mol. The first-order valence-electron chi connectivity index (χ1n) is 7.67. The van der Waals surface area contributed by atoms with E-state index in [-0.39, 0.29) is 6.26 Å². The summed E-state index contributed by atoms with van der Waals surface area (Å²) in [5.74, 6) is -9.34. The van der Waals surface area contributed by atoms with Crippen LogP contribution in [0.1, 0.15) is 6.42 Å². The molecule has 188 valence electrons. The van der Waals surface area contributed by atoms with Crippen LogP contribution in [0, 0.1) is 5.92 Å². The highest BCUT2D eigenvalue weighted by Crippen LogP contribution is 2.24. The molecule has 0 fully saturated rings. The van der Waals surface area contributed by atoms with E-state index < -0.39 is 84.8 Å². The molecule has 0 aromatic carbocycles. The predicted molar refractivity (Wildman–Crippen MR) is 78.9 cm³/mol. The molecular weight excluding hydrogens is 503 g/mol. The van der Waals surface area contributed by atoms with Gasteiger partial charge in [0.05, 0.1) is 12.7 Å². The van der Waals surface area contributed by atoms with E-state index in [4.69, 9.17) is 0 Å². The van der Waals surface area contributed by atoms with Gasteiger partial charge in [-0.3, -0.25) is 13.8 Å². The average Bonchev–Trinajstić information content (AvgIpc) is 2.56. The summed E-state index contributed by atoms with van der Waals surface area (Å²) in [7, 11) is -4.86. The van der Waals surface area contributed by atoms with E-state index in [1.54, 1.807) is 0 Å². The fourth-order valence-electron chi connectivity index (χ4n) is 1.67. The summed E-state index contributed by atoms with van der Waals surface area (Å²) in [5.41, 5.74) is 0. The van der Waals surface area contributed by atoms with E-state index in [1.165, 1.54) is 0 Å². The molecule has 2 unspecified atom stereocenters. The van der Waals surface area contributed by atoms with Gasteiger partial charge >= 0.3 is 36.4 Å². The van der Waals surface area contributed by atoms with Crippen molar-refractivity contribution in [2.45, 2.75) is 31.1 Å². The molecule has 32 heavy (non-hydrogen) atoms. The van der Waals surface area contributed by atoms with Crippen molar-refractivity contribution in [2.75, 3.05) is 26.1 Å². The highest BCUT2D eigenvalue weighted by molar-refractivity contribution is 7.86. The standard InChI is InChI=1S/C13H13F9O9S/c1-32(26,27)31-8(10(25)30-5-13(20,21)22)6(9(24)29-4-12(17,18)19)2-7(23)28-3-11(14,15)16/h6,8H,2-5H2,1H3. The van der Waals surface area contributed by atoms with Gasteiger partial charge in [0.15, 0.2) is 25.9 Å². The van der Waals surface area contributed by atoms with Crippen LogP contribution in [-0.2, 0) is 42.9 Å². The van der Waals surface area contributed by atoms with Crippen molar-refractivity contribution < 1.29 is 80.7 Å². The van der Waals surface area contributed by atoms with Gasteiger partial charge in [0, 0.05) is 0 Å². The lowest BCUT2D eigenvalue weighted by Crippen LogP contribution is -2.43. The SMILES string of the molecule is CS(=O)(=O)OC(C(=O)OCC(F)(F)F)C(CC(=O)OCC(F)(F)F)C(=O)OCC(F)(F)F. The van der Waals surface area contributed by atoms with Crippen LogP contribution in [0.3, 0.4) is 0 Å². The Morgan fingerprint density at radius 2 is 1.09 bits per heavy atom. The molecule has 0 saturated carbocycles. The van der Waals surface area contributed by atoms with Crippen molar-refractivity contribution in [2.24, 2.45) is 5.92 Å². The Bertz CT molecular complexity index is 771. The molecule has 0 amide bonds. The molecule has 19 heteroatoms. The quantitative estimate of drug-likeness (QED) is 0.185. The summed E-state index contributed by atoms with van der Waals surface area (Å²) >= 11 is 0. The van der Waals surface area contributed by atoms with Gasteiger partial charge in [0.1, 0.15) is 5.92 Å². The molecule has 0 aromatic heterocycles. The van der Waals surface area contributed by atoms with Crippen LogP contribution in [0.4, 0.5) is 39.5 Å². The molecule has 0 aliphatic rings. The molecule has 0 saturated heterocycles. The van der Waals surface area contributed by atoms with E-state index in [1.807, 2.05) is 0 Å². The molecule has 2 atom stereocenters. The van der Waals surface area contributed by atoms with Gasteiger partial charge in [-0.1, -0.05) is 0 Å². The summed E-state index contributed by atoms with van der Waals surface area (Å²) < 4.78 is 147. The number of alkyl halides is 9. The van der Waals surface area contributed by atoms with Gasteiger partial charge in [0.2, 0.25) is 0 Å². The largest absolute Gasteiger partial charge is 0.456 e. The summed E-state index contributed by atoms with van der Waals surface area (Å²) in [6, 6.07) is 0. The summed E-state index contributed by atoms with van der Waals surface area (Å²) in [4.78, 5) is 35.3. The van der Waals surface area contributed by atoms with E-state index >= 15 is 0 Å². The number of rotatable bonds is 10. The number of carbonyl (C=O) groups is 3. The van der Waals surface area contributed by atoms with Crippen LogP contribution in [0.15, 0.2) is 0 Å². The van der Waals surface area contributed by atoms with E-state index in [2.05, 4.69) is 18.4 Å². The highest BCUT2D eigenvalue weighted by atomic mass is 32.2. The smallest absolute Gasteiger partial charge is 0.422 e. The van der Waals surface area contributed by atoms with Crippen molar-refractivity contribution in [1.82, 2.24) is 0 Å². The van der Waals surface area contributed by atoms with Crippen LogP contribution in [-0.4, -0.2) is 77.0 Å². The zero-order chi connectivity index (χ0) is 25.5. The van der Waals surface area contributed by atoms with E-state index in [9.17, 15) is 62.3 Å². The topological polar surface area (TPSA) is 122 Å². The molecular formula is C13H13F9O9S. The summed E-state index contributed by atoms with van der Waals surface area (Å²) in [5, 5.41) is 0. The van der Waals surface area contributed by atoms with Crippen molar-refractivity contribution in [1.29, 1.82) is 0 Å². The first-order chi connectivity index (χ1) is 14.1. The Hall–Kier alpha value is -2.31. The highest BCUT2D eigenvalue weighted by Gasteiger charge is 2.44. The van der Waals surface area contributed by atoms with Gasteiger partial charge < -0.3 is 14.2 Å². The molecule has 0 spiro atoms.